The predicted octanol–water partition coefficient (Wildman–Crippen LogP) is 1.32. The Labute approximate surface area is 63.1 Å². The van der Waals surface area contributed by atoms with E-state index in [2.05, 4.69) is 6.58 Å². The molecule has 0 amide bonds. The van der Waals surface area contributed by atoms with E-state index in [0.29, 0.717) is 0 Å². The first-order valence-corrected chi connectivity index (χ1v) is 3.77. The second-order valence-corrected chi connectivity index (χ2v) is 2.24. The Bertz CT molecular complexity index is 83.3. The fraction of sp³-hybridized carbons (Fsp3) is 0.750. The van der Waals surface area contributed by atoms with E-state index in [9.17, 15) is 0 Å². The molecule has 0 aromatic heterocycles. The van der Waals surface area contributed by atoms with Crippen LogP contribution in [0.25, 0.3) is 0 Å². The van der Waals surface area contributed by atoms with Crippen molar-refractivity contribution in [3.8, 4) is 0 Å². The summed E-state index contributed by atoms with van der Waals surface area (Å²) in [6, 6.07) is 0.139. The highest BCUT2D eigenvalue weighted by Crippen LogP contribution is 1.94. The zero-order chi connectivity index (χ0) is 7.82. The van der Waals surface area contributed by atoms with Gasteiger partial charge in [0.25, 0.3) is 0 Å². The van der Waals surface area contributed by atoms with Gasteiger partial charge >= 0.3 is 0 Å². The summed E-state index contributed by atoms with van der Waals surface area (Å²) < 4.78 is 5.14. The molecule has 0 aromatic rings. The van der Waals surface area contributed by atoms with E-state index < -0.39 is 0 Å². The zero-order valence-corrected chi connectivity index (χ0v) is 6.68. The van der Waals surface area contributed by atoms with Crippen LogP contribution >= 0.6 is 0 Å². The van der Waals surface area contributed by atoms with Crippen molar-refractivity contribution >= 4 is 0 Å². The molecule has 2 nitrogen and oxygen atoms in total. The summed E-state index contributed by atoms with van der Waals surface area (Å²) in [5, 5.41) is 0. The lowest BCUT2D eigenvalue weighted by Crippen LogP contribution is -2.16. The summed E-state index contributed by atoms with van der Waals surface area (Å²) >= 11 is 0. The number of nitrogens with two attached hydrogens (primary N) is 1. The van der Waals surface area contributed by atoms with Gasteiger partial charge in [-0.15, -0.1) is 6.58 Å². The average Bonchev–Trinajstić information content (AvgIpc) is 1.98. The normalized spacial score (nSPS) is 13.0. The third-order valence-corrected chi connectivity index (χ3v) is 1.33. The van der Waals surface area contributed by atoms with Crippen LogP contribution in [-0.2, 0) is 4.74 Å². The molecule has 0 heterocycles. The molecule has 2 heteroatoms. The highest BCUT2D eigenvalue weighted by Gasteiger charge is 1.94. The van der Waals surface area contributed by atoms with Gasteiger partial charge in [-0.2, -0.15) is 0 Å². The van der Waals surface area contributed by atoms with Crippen molar-refractivity contribution in [2.45, 2.75) is 25.8 Å². The second-order valence-electron chi connectivity index (χ2n) is 2.24. The lowest BCUT2D eigenvalue weighted by Gasteiger charge is -2.04. The molecule has 2 N–H and O–H groups in total. The van der Waals surface area contributed by atoms with E-state index >= 15 is 0 Å². The van der Waals surface area contributed by atoms with Crippen molar-refractivity contribution in [3.05, 3.63) is 12.7 Å². The van der Waals surface area contributed by atoms with Gasteiger partial charge in [0.05, 0.1) is 0 Å². The standard InChI is InChI=1S/C8H17NO/c1-3-8(9)6-5-7-10-4-2/h3,8H,1,4-7,9H2,2H3. The van der Waals surface area contributed by atoms with Crippen molar-refractivity contribution in [1.82, 2.24) is 0 Å². The number of ether oxygens (including phenoxy) is 1. The molecule has 0 spiro atoms. The lowest BCUT2D eigenvalue weighted by atomic mass is 10.2. The molecule has 0 saturated carbocycles. The van der Waals surface area contributed by atoms with Crippen LogP contribution in [0, 0.1) is 0 Å². The van der Waals surface area contributed by atoms with Crippen molar-refractivity contribution in [2.24, 2.45) is 5.73 Å². The van der Waals surface area contributed by atoms with Crippen LogP contribution in [0.4, 0.5) is 0 Å². The van der Waals surface area contributed by atoms with Crippen LogP contribution in [0.15, 0.2) is 12.7 Å². The second kappa shape index (κ2) is 6.78. The van der Waals surface area contributed by atoms with Gasteiger partial charge in [-0.25, -0.2) is 0 Å². The molecule has 0 aromatic carbocycles. The van der Waals surface area contributed by atoms with Crippen molar-refractivity contribution < 1.29 is 4.74 Å². The molecule has 1 unspecified atom stereocenters. The number of hydrogen-bond acceptors (Lipinski definition) is 2. The third-order valence-electron chi connectivity index (χ3n) is 1.33. The Hall–Kier alpha value is -0.340. The number of rotatable bonds is 6. The topological polar surface area (TPSA) is 35.2 Å². The van der Waals surface area contributed by atoms with Gasteiger partial charge < -0.3 is 10.5 Å². The van der Waals surface area contributed by atoms with E-state index in [4.69, 9.17) is 10.5 Å². The van der Waals surface area contributed by atoms with Crippen molar-refractivity contribution in [1.29, 1.82) is 0 Å². The Kier molecular flexibility index (Phi) is 6.55. The van der Waals surface area contributed by atoms with E-state index in [0.717, 1.165) is 26.1 Å². The predicted molar refractivity (Wildman–Crippen MR) is 43.9 cm³/mol. The third kappa shape index (κ3) is 5.79. The maximum Gasteiger partial charge on any atom is 0.0466 e. The lowest BCUT2D eigenvalue weighted by molar-refractivity contribution is 0.143. The van der Waals surface area contributed by atoms with E-state index in [1.807, 2.05) is 6.92 Å². The highest BCUT2D eigenvalue weighted by atomic mass is 16.5. The first-order valence-electron chi connectivity index (χ1n) is 3.77. The summed E-state index contributed by atoms with van der Waals surface area (Å²) in [4.78, 5) is 0. The Morgan fingerprint density at radius 3 is 2.90 bits per heavy atom. The average molecular weight is 143 g/mol. The monoisotopic (exact) mass is 143 g/mol. The maximum absolute atomic E-state index is 5.58. The Morgan fingerprint density at radius 2 is 2.40 bits per heavy atom. The van der Waals surface area contributed by atoms with Gasteiger partial charge in [0.2, 0.25) is 0 Å². The van der Waals surface area contributed by atoms with Crippen molar-refractivity contribution in [3.63, 3.8) is 0 Å². The summed E-state index contributed by atoms with van der Waals surface area (Å²) in [6.45, 7) is 7.20. The molecule has 10 heavy (non-hydrogen) atoms. The molecule has 0 bridgehead atoms. The number of hydrogen-bond donors (Lipinski definition) is 1. The van der Waals surface area contributed by atoms with Crippen LogP contribution in [-0.4, -0.2) is 19.3 Å². The highest BCUT2D eigenvalue weighted by molar-refractivity contribution is 4.81. The van der Waals surface area contributed by atoms with Gasteiger partial charge in [0.1, 0.15) is 0 Å². The van der Waals surface area contributed by atoms with E-state index in [1.165, 1.54) is 0 Å². The quantitative estimate of drug-likeness (QED) is 0.449. The minimum absolute atomic E-state index is 0.139. The van der Waals surface area contributed by atoms with Gasteiger partial charge in [-0.05, 0) is 19.8 Å². The van der Waals surface area contributed by atoms with Crippen LogP contribution in [0.3, 0.4) is 0 Å². The molecule has 0 aliphatic rings. The fourth-order valence-electron chi connectivity index (χ4n) is 0.683. The molecule has 1 atom stereocenters. The first-order chi connectivity index (χ1) is 4.81. The van der Waals surface area contributed by atoms with Gasteiger partial charge in [0.15, 0.2) is 0 Å². The molecular weight excluding hydrogens is 126 g/mol. The zero-order valence-electron chi connectivity index (χ0n) is 6.68. The minimum Gasteiger partial charge on any atom is -0.382 e. The summed E-state index contributed by atoms with van der Waals surface area (Å²) in [5.41, 5.74) is 5.58. The summed E-state index contributed by atoms with van der Waals surface area (Å²) in [5.74, 6) is 0. The first kappa shape index (κ1) is 9.66. The van der Waals surface area contributed by atoms with Crippen LogP contribution in [0.2, 0.25) is 0 Å². The van der Waals surface area contributed by atoms with Gasteiger partial charge in [0, 0.05) is 19.3 Å². The molecule has 0 radical (unpaired) electrons. The molecule has 0 saturated heterocycles. The van der Waals surface area contributed by atoms with E-state index in [-0.39, 0.29) is 6.04 Å². The molecule has 60 valence electrons. The largest absolute Gasteiger partial charge is 0.382 e. The van der Waals surface area contributed by atoms with Crippen LogP contribution in [0.5, 0.6) is 0 Å². The van der Waals surface area contributed by atoms with Crippen LogP contribution < -0.4 is 5.73 Å². The van der Waals surface area contributed by atoms with Gasteiger partial charge in [-0.1, -0.05) is 6.08 Å². The summed E-state index contributed by atoms with van der Waals surface area (Å²) in [6.07, 6.45) is 3.77. The van der Waals surface area contributed by atoms with Crippen LogP contribution in [0.1, 0.15) is 19.8 Å². The van der Waals surface area contributed by atoms with E-state index in [1.54, 1.807) is 6.08 Å². The SMILES string of the molecule is C=CC(N)CCCOCC. The smallest absolute Gasteiger partial charge is 0.0466 e. The van der Waals surface area contributed by atoms with Gasteiger partial charge in [-0.3, -0.25) is 0 Å². The minimum atomic E-state index is 0.139. The molecular formula is C8H17NO. The summed E-state index contributed by atoms with van der Waals surface area (Å²) in [7, 11) is 0. The molecule has 0 rings (SSSR count). The molecule has 0 aliphatic carbocycles. The molecule has 0 fully saturated rings. The van der Waals surface area contributed by atoms with Crippen molar-refractivity contribution in [2.75, 3.05) is 13.2 Å². The maximum atomic E-state index is 5.58. The fourth-order valence-corrected chi connectivity index (χ4v) is 0.683. The Morgan fingerprint density at radius 1 is 1.70 bits per heavy atom. The Balaban J connectivity index is 2.95. The molecule has 0 aliphatic heterocycles.